The molecule has 1 heterocycles. The van der Waals surface area contributed by atoms with E-state index < -0.39 is 11.7 Å². The molecule has 0 bridgehead atoms. The van der Waals surface area contributed by atoms with Crippen LogP contribution in [0.5, 0.6) is 5.75 Å². The highest BCUT2D eigenvalue weighted by Gasteiger charge is 2.33. The second-order valence-electron chi connectivity index (χ2n) is 6.08. The van der Waals surface area contributed by atoms with Crippen molar-refractivity contribution in [3.8, 4) is 17.6 Å². The van der Waals surface area contributed by atoms with Crippen LogP contribution in [0.1, 0.15) is 31.2 Å². The van der Waals surface area contributed by atoms with Crippen LogP contribution in [0, 0.1) is 11.8 Å². The first-order valence-electron chi connectivity index (χ1n) is 8.04. The fourth-order valence-electron chi connectivity index (χ4n) is 2.86. The molecule has 2 aromatic rings. The second-order valence-corrected chi connectivity index (χ2v) is 6.51. The number of amides is 1. The smallest absolute Gasteiger partial charge is 0.412 e. The predicted molar refractivity (Wildman–Crippen MR) is 93.4 cm³/mol. The van der Waals surface area contributed by atoms with E-state index in [0.29, 0.717) is 23.6 Å². The van der Waals surface area contributed by atoms with Crippen LogP contribution in [0.25, 0.3) is 0 Å². The molecule has 3 rings (SSSR count). The normalized spacial score (nSPS) is 22.6. The third kappa shape index (κ3) is 5.02. The number of carbonyl (C=O) groups excluding carboxylic acids is 1. The minimum Gasteiger partial charge on any atom is -0.469 e. The van der Waals surface area contributed by atoms with Gasteiger partial charge in [0.15, 0.2) is 5.75 Å². The lowest BCUT2D eigenvalue weighted by Crippen LogP contribution is -2.46. The summed E-state index contributed by atoms with van der Waals surface area (Å²) in [5.74, 6) is 6.23. The summed E-state index contributed by atoms with van der Waals surface area (Å²) in [5, 5.41) is 14.1. The maximum absolute atomic E-state index is 11.9. The van der Waals surface area contributed by atoms with E-state index in [1.54, 1.807) is 18.2 Å². The zero-order valence-corrected chi connectivity index (χ0v) is 14.3. The molecule has 1 amide bonds. The van der Waals surface area contributed by atoms with Gasteiger partial charge in [0.25, 0.3) is 0 Å². The van der Waals surface area contributed by atoms with Gasteiger partial charge in [0.1, 0.15) is 11.9 Å². The van der Waals surface area contributed by atoms with Gasteiger partial charge in [-0.15, -0.1) is 0 Å². The van der Waals surface area contributed by atoms with Crippen LogP contribution in [0.4, 0.5) is 4.79 Å². The molecule has 0 radical (unpaired) electrons. The number of hydrogen-bond donors (Lipinski definition) is 2. The molecule has 1 fully saturated rings. The highest BCUT2D eigenvalue weighted by atomic mass is 35.5. The summed E-state index contributed by atoms with van der Waals surface area (Å²) in [5.41, 5.74) is -0.399. The summed E-state index contributed by atoms with van der Waals surface area (Å²) in [6, 6.07) is 8.52. The number of nitrogens with one attached hydrogen (secondary N) is 1. The lowest BCUT2D eigenvalue weighted by Gasteiger charge is -2.33. The van der Waals surface area contributed by atoms with Crippen LogP contribution in [0.2, 0.25) is 5.02 Å². The van der Waals surface area contributed by atoms with Crippen molar-refractivity contribution in [2.45, 2.75) is 37.3 Å². The Labute approximate surface area is 150 Å². The number of aliphatic hydroxyl groups is 1. The summed E-state index contributed by atoms with van der Waals surface area (Å²) in [6.07, 6.45) is 4.63. The lowest BCUT2D eigenvalue weighted by atomic mass is 9.82. The van der Waals surface area contributed by atoms with E-state index in [9.17, 15) is 9.90 Å². The van der Waals surface area contributed by atoms with E-state index in [4.69, 9.17) is 20.8 Å². The number of rotatable bonds is 2. The molecule has 1 aromatic heterocycles. The summed E-state index contributed by atoms with van der Waals surface area (Å²) >= 11 is 5.94. The van der Waals surface area contributed by atoms with E-state index in [2.05, 4.69) is 17.2 Å². The third-order valence-electron chi connectivity index (χ3n) is 4.02. The Morgan fingerprint density at radius 2 is 2.32 bits per heavy atom. The lowest BCUT2D eigenvalue weighted by molar-refractivity contribution is 0.0473. The van der Waals surface area contributed by atoms with Gasteiger partial charge in [0.2, 0.25) is 0 Å². The van der Waals surface area contributed by atoms with Crippen LogP contribution in [-0.4, -0.2) is 22.8 Å². The maximum atomic E-state index is 11.9. The van der Waals surface area contributed by atoms with Crippen molar-refractivity contribution in [1.29, 1.82) is 0 Å². The molecule has 2 N–H and O–H groups in total. The Hall–Kier alpha value is -2.42. The van der Waals surface area contributed by atoms with Gasteiger partial charge in [-0.05, 0) is 37.5 Å². The van der Waals surface area contributed by atoms with Crippen molar-refractivity contribution < 1.29 is 19.1 Å². The quantitative estimate of drug-likeness (QED) is 0.801. The monoisotopic (exact) mass is 359 g/mol. The zero-order valence-electron chi connectivity index (χ0n) is 13.5. The minimum atomic E-state index is -1.14. The number of ether oxygens (including phenoxy) is 1. The van der Waals surface area contributed by atoms with Crippen LogP contribution >= 0.6 is 11.6 Å². The molecule has 0 saturated heterocycles. The molecule has 1 aliphatic rings. The fraction of sp³-hybridized carbons (Fsp3) is 0.316. The first kappa shape index (κ1) is 17.4. The summed E-state index contributed by atoms with van der Waals surface area (Å²) < 4.78 is 9.94. The molecule has 6 heteroatoms. The highest BCUT2D eigenvalue weighted by Crippen LogP contribution is 2.28. The largest absolute Gasteiger partial charge is 0.469 e. The van der Waals surface area contributed by atoms with Crippen molar-refractivity contribution in [3.63, 3.8) is 0 Å². The molecular weight excluding hydrogens is 342 g/mol. The van der Waals surface area contributed by atoms with Crippen molar-refractivity contribution in [3.05, 3.63) is 53.4 Å². The molecule has 0 aliphatic heterocycles. The van der Waals surface area contributed by atoms with Gasteiger partial charge in [-0.25, -0.2) is 4.79 Å². The molecule has 2 atom stereocenters. The second kappa shape index (κ2) is 7.64. The average Bonchev–Trinajstić information content (AvgIpc) is 3.06. The van der Waals surface area contributed by atoms with Gasteiger partial charge in [0, 0.05) is 29.1 Å². The summed E-state index contributed by atoms with van der Waals surface area (Å²) in [6.45, 7) is 0. The maximum Gasteiger partial charge on any atom is 0.412 e. The van der Waals surface area contributed by atoms with Crippen LogP contribution < -0.4 is 10.1 Å². The van der Waals surface area contributed by atoms with E-state index in [0.717, 1.165) is 18.4 Å². The molecule has 1 saturated carbocycles. The first-order valence-corrected chi connectivity index (χ1v) is 8.42. The number of halogens is 1. The minimum absolute atomic E-state index is 0.202. The molecule has 5 nitrogen and oxygen atoms in total. The Kier molecular flexibility index (Phi) is 5.32. The Bertz CT molecular complexity index is 793. The van der Waals surface area contributed by atoms with Gasteiger partial charge >= 0.3 is 6.09 Å². The Morgan fingerprint density at radius 3 is 3.08 bits per heavy atom. The fourth-order valence-corrected chi connectivity index (χ4v) is 3.05. The van der Waals surface area contributed by atoms with Crippen molar-refractivity contribution >= 4 is 17.7 Å². The molecule has 0 spiro atoms. The first-order chi connectivity index (χ1) is 12.0. The van der Waals surface area contributed by atoms with Crippen LogP contribution in [-0.2, 0) is 0 Å². The number of carbonyl (C=O) groups is 1. The van der Waals surface area contributed by atoms with Crippen molar-refractivity contribution in [2.75, 3.05) is 0 Å². The standard InChI is InChI=1S/C19H18ClNO4/c20-15-4-1-3-14(11-15)6-9-19(23)8-2-5-16(12-19)21-18(22)25-17-7-10-24-13-17/h1,3-4,7,10-11,13,16,23H,2,5,8,12H2,(H,21,22)/t16-,19+/m0/s1. The van der Waals surface area contributed by atoms with E-state index in [1.165, 1.54) is 12.5 Å². The van der Waals surface area contributed by atoms with Gasteiger partial charge < -0.3 is 19.6 Å². The molecule has 1 aromatic carbocycles. The third-order valence-corrected chi connectivity index (χ3v) is 4.25. The van der Waals surface area contributed by atoms with E-state index in [-0.39, 0.29) is 6.04 Å². The highest BCUT2D eigenvalue weighted by molar-refractivity contribution is 6.30. The van der Waals surface area contributed by atoms with Crippen molar-refractivity contribution in [1.82, 2.24) is 5.32 Å². The van der Waals surface area contributed by atoms with Crippen LogP contribution in [0.3, 0.4) is 0 Å². The number of benzene rings is 1. The van der Waals surface area contributed by atoms with Gasteiger partial charge in [-0.1, -0.05) is 29.5 Å². The summed E-state index contributed by atoms with van der Waals surface area (Å²) in [4.78, 5) is 11.9. The topological polar surface area (TPSA) is 71.7 Å². The zero-order chi connectivity index (χ0) is 17.7. The molecule has 25 heavy (non-hydrogen) atoms. The average molecular weight is 360 g/mol. The summed E-state index contributed by atoms with van der Waals surface area (Å²) in [7, 11) is 0. The van der Waals surface area contributed by atoms with E-state index in [1.807, 2.05) is 12.1 Å². The Balaban J connectivity index is 1.61. The van der Waals surface area contributed by atoms with Gasteiger partial charge in [0.05, 0.1) is 6.26 Å². The molecular formula is C19H18ClNO4. The van der Waals surface area contributed by atoms with Crippen LogP contribution in [0.15, 0.2) is 47.3 Å². The van der Waals surface area contributed by atoms with Crippen molar-refractivity contribution in [2.24, 2.45) is 0 Å². The van der Waals surface area contributed by atoms with Gasteiger partial charge in [-0.2, -0.15) is 0 Å². The van der Waals surface area contributed by atoms with Gasteiger partial charge in [-0.3, -0.25) is 0 Å². The SMILES string of the molecule is O=C(N[C@H]1CCC[C@@](O)(C#Cc2cccc(Cl)c2)C1)Oc1ccoc1. The Morgan fingerprint density at radius 1 is 1.44 bits per heavy atom. The van der Waals surface area contributed by atoms with E-state index >= 15 is 0 Å². The molecule has 0 unspecified atom stereocenters. The number of hydrogen-bond acceptors (Lipinski definition) is 4. The number of furan rings is 1. The predicted octanol–water partition coefficient (Wildman–Crippen LogP) is 3.75. The molecule has 1 aliphatic carbocycles. The molecule has 130 valence electrons.